The van der Waals surface area contributed by atoms with Gasteiger partial charge in [0.05, 0.1) is 6.04 Å². The molecule has 0 aromatic rings. The molecule has 1 unspecified atom stereocenters. The third-order valence-electron chi connectivity index (χ3n) is 0.943. The van der Waals surface area contributed by atoms with Gasteiger partial charge in [0.15, 0.2) is 0 Å². The topological polar surface area (TPSA) is 38.4 Å². The maximum absolute atomic E-state index is 5.50. The van der Waals surface area contributed by atoms with Crippen LogP contribution in [-0.4, -0.2) is 16.2 Å². The molecule has 1 aliphatic heterocycles. The first-order valence-corrected chi connectivity index (χ1v) is 3.20. The predicted molar refractivity (Wildman–Crippen MR) is 43.0 cm³/mol. The van der Waals surface area contributed by atoms with Crippen LogP contribution < -0.4 is 5.73 Å². The fourth-order valence-electron chi connectivity index (χ4n) is 0.482. The molecule has 4 heteroatoms. The van der Waals surface area contributed by atoms with Gasteiger partial charge in [0.2, 0.25) is 0 Å². The number of thiocarbonyl (C=S) groups is 1. The lowest BCUT2D eigenvalue weighted by molar-refractivity contribution is 1.08. The van der Waals surface area contributed by atoms with E-state index in [2.05, 4.69) is 4.99 Å². The monoisotopic (exact) mass is 160 g/mol. The van der Waals surface area contributed by atoms with Crippen LogP contribution in [0.25, 0.3) is 0 Å². The van der Waals surface area contributed by atoms with Crippen LogP contribution in [0.5, 0.6) is 0 Å². The lowest BCUT2D eigenvalue weighted by Crippen LogP contribution is -2.27. The zero-order valence-corrected chi connectivity index (χ0v) is 6.12. The summed E-state index contributed by atoms with van der Waals surface area (Å²) in [4.78, 5) is 4.21. The molecule has 48 valence electrons. The summed E-state index contributed by atoms with van der Waals surface area (Å²) in [5.74, 6) is 0. The number of rotatable bonds is 0. The Balaban J connectivity index is 2.82. The average molecular weight is 161 g/mol. The van der Waals surface area contributed by atoms with Gasteiger partial charge in [-0.1, -0.05) is 29.9 Å². The Labute approximate surface area is 63.4 Å². The molecule has 0 saturated carbocycles. The SMILES string of the molecule is NC1C=CC(Cl)=NC1=S. The zero-order valence-electron chi connectivity index (χ0n) is 4.54. The minimum Gasteiger partial charge on any atom is -0.319 e. The Bertz CT molecular complexity index is 197. The number of aliphatic imine (C=N–C) groups is 1. The molecule has 0 saturated heterocycles. The fraction of sp³-hybridized carbons (Fsp3) is 0.200. The second-order valence-electron chi connectivity index (χ2n) is 1.66. The van der Waals surface area contributed by atoms with E-state index in [9.17, 15) is 0 Å². The molecule has 2 N–H and O–H groups in total. The number of hydrogen-bond donors (Lipinski definition) is 1. The Morgan fingerprint density at radius 3 is 2.89 bits per heavy atom. The molecule has 1 heterocycles. The van der Waals surface area contributed by atoms with Crippen molar-refractivity contribution in [1.29, 1.82) is 0 Å². The van der Waals surface area contributed by atoms with Gasteiger partial charge in [-0.25, -0.2) is 4.99 Å². The molecule has 9 heavy (non-hydrogen) atoms. The first-order valence-electron chi connectivity index (χ1n) is 2.42. The molecule has 0 fully saturated rings. The molecule has 1 atom stereocenters. The van der Waals surface area contributed by atoms with Crippen molar-refractivity contribution < 1.29 is 0 Å². The molecule has 2 nitrogen and oxygen atoms in total. The summed E-state index contributed by atoms with van der Waals surface area (Å²) in [6.07, 6.45) is 3.36. The average Bonchev–Trinajstić information content (AvgIpc) is 1.80. The lowest BCUT2D eigenvalue weighted by Gasteiger charge is -2.07. The number of nitrogens with zero attached hydrogens (tertiary/aromatic N) is 1. The molecule has 0 bridgehead atoms. The van der Waals surface area contributed by atoms with Gasteiger partial charge in [-0.2, -0.15) is 0 Å². The van der Waals surface area contributed by atoms with E-state index in [4.69, 9.17) is 29.6 Å². The first kappa shape index (κ1) is 6.86. The van der Waals surface area contributed by atoms with Crippen molar-refractivity contribution in [1.82, 2.24) is 0 Å². The smallest absolute Gasteiger partial charge is 0.130 e. The van der Waals surface area contributed by atoms with Gasteiger partial charge in [0, 0.05) is 0 Å². The number of allylic oxidation sites excluding steroid dienone is 1. The summed E-state index contributed by atoms with van der Waals surface area (Å²) in [6, 6.07) is -0.234. The van der Waals surface area contributed by atoms with E-state index in [0.29, 0.717) is 10.2 Å². The zero-order chi connectivity index (χ0) is 6.85. The second-order valence-corrected chi connectivity index (χ2v) is 2.46. The van der Waals surface area contributed by atoms with Gasteiger partial charge in [0.1, 0.15) is 10.2 Å². The summed E-state index contributed by atoms with van der Waals surface area (Å²) >= 11 is 10.3. The third-order valence-corrected chi connectivity index (χ3v) is 1.52. The van der Waals surface area contributed by atoms with E-state index in [1.54, 1.807) is 12.2 Å². The van der Waals surface area contributed by atoms with Crippen LogP contribution in [0.2, 0.25) is 0 Å². The van der Waals surface area contributed by atoms with Gasteiger partial charge in [0.25, 0.3) is 0 Å². The molecule has 1 aliphatic rings. The van der Waals surface area contributed by atoms with Crippen LogP contribution in [0.1, 0.15) is 0 Å². The van der Waals surface area contributed by atoms with Crippen molar-refractivity contribution in [2.45, 2.75) is 6.04 Å². The van der Waals surface area contributed by atoms with E-state index < -0.39 is 0 Å². The van der Waals surface area contributed by atoms with Gasteiger partial charge in [-0.15, -0.1) is 0 Å². The highest BCUT2D eigenvalue weighted by atomic mass is 35.5. The van der Waals surface area contributed by atoms with Crippen LogP contribution in [-0.2, 0) is 0 Å². The quantitative estimate of drug-likeness (QED) is 0.534. The number of halogens is 1. The van der Waals surface area contributed by atoms with E-state index in [0.717, 1.165) is 0 Å². The molecule has 0 spiro atoms. The number of dihydropyridines is 1. The summed E-state index contributed by atoms with van der Waals surface area (Å²) in [6.45, 7) is 0. The van der Waals surface area contributed by atoms with Crippen molar-refractivity contribution in [2.75, 3.05) is 0 Å². The van der Waals surface area contributed by atoms with Crippen LogP contribution in [0.3, 0.4) is 0 Å². The van der Waals surface area contributed by atoms with Gasteiger partial charge < -0.3 is 5.73 Å². The minimum atomic E-state index is -0.234. The molecular weight excluding hydrogens is 156 g/mol. The fourth-order valence-corrected chi connectivity index (χ4v) is 0.873. The molecule has 0 amide bonds. The highest BCUT2D eigenvalue weighted by Crippen LogP contribution is 2.02. The summed E-state index contributed by atoms with van der Waals surface area (Å²) in [5.41, 5.74) is 5.45. The number of nitrogens with two attached hydrogens (primary N) is 1. The summed E-state index contributed by atoms with van der Waals surface area (Å²) in [7, 11) is 0. The standard InChI is InChI=1S/C5H5ClN2S/c6-4-2-1-3(7)5(9)8-4/h1-3H,7H2. The van der Waals surface area contributed by atoms with Crippen molar-refractivity contribution in [3.05, 3.63) is 12.2 Å². The normalized spacial score (nSPS) is 26.2. The third kappa shape index (κ3) is 1.58. The van der Waals surface area contributed by atoms with Gasteiger partial charge >= 0.3 is 0 Å². The molecule has 0 aromatic carbocycles. The lowest BCUT2D eigenvalue weighted by atomic mass is 10.2. The number of hydrogen-bond acceptors (Lipinski definition) is 2. The molecular formula is C5H5ClN2S. The van der Waals surface area contributed by atoms with Crippen LogP contribution in [0, 0.1) is 0 Å². The summed E-state index contributed by atoms with van der Waals surface area (Å²) < 4.78 is 0. The largest absolute Gasteiger partial charge is 0.319 e. The minimum absolute atomic E-state index is 0.234. The molecule has 0 aromatic heterocycles. The Morgan fingerprint density at radius 2 is 2.44 bits per heavy atom. The molecule has 1 rings (SSSR count). The second kappa shape index (κ2) is 2.56. The maximum Gasteiger partial charge on any atom is 0.130 e. The Kier molecular flexibility index (Phi) is 1.95. The highest BCUT2D eigenvalue weighted by Gasteiger charge is 2.08. The Hall–Kier alpha value is -0.250. The summed E-state index contributed by atoms with van der Waals surface area (Å²) in [5, 5.41) is 0.404. The van der Waals surface area contributed by atoms with E-state index in [-0.39, 0.29) is 6.04 Å². The van der Waals surface area contributed by atoms with Crippen molar-refractivity contribution in [2.24, 2.45) is 10.7 Å². The van der Waals surface area contributed by atoms with Crippen LogP contribution in [0.15, 0.2) is 17.1 Å². The first-order chi connectivity index (χ1) is 4.20. The maximum atomic E-state index is 5.50. The van der Waals surface area contributed by atoms with Crippen LogP contribution in [0.4, 0.5) is 0 Å². The van der Waals surface area contributed by atoms with Gasteiger partial charge in [-0.3, -0.25) is 0 Å². The molecule has 0 radical (unpaired) electrons. The van der Waals surface area contributed by atoms with E-state index in [1.165, 1.54) is 0 Å². The van der Waals surface area contributed by atoms with Crippen molar-refractivity contribution in [3.63, 3.8) is 0 Å². The van der Waals surface area contributed by atoms with Crippen molar-refractivity contribution >= 4 is 34.0 Å². The Morgan fingerprint density at radius 1 is 1.78 bits per heavy atom. The van der Waals surface area contributed by atoms with Gasteiger partial charge in [-0.05, 0) is 6.08 Å². The van der Waals surface area contributed by atoms with Crippen LogP contribution >= 0.6 is 23.8 Å². The van der Waals surface area contributed by atoms with E-state index >= 15 is 0 Å². The predicted octanol–water partition coefficient (Wildman–Crippen LogP) is 0.848. The highest BCUT2D eigenvalue weighted by molar-refractivity contribution is 7.80. The van der Waals surface area contributed by atoms with Crippen molar-refractivity contribution in [3.8, 4) is 0 Å². The molecule has 0 aliphatic carbocycles. The van der Waals surface area contributed by atoms with E-state index in [1.807, 2.05) is 0 Å².